The molecule has 1 N–H and O–H groups in total. The Kier molecular flexibility index (Phi) is 7.75. The first-order valence-electron chi connectivity index (χ1n) is 9.24. The number of nitrogens with one attached hydrogen (secondary N) is 1. The Hall–Kier alpha value is -2.90. The van der Waals surface area contributed by atoms with Gasteiger partial charge < -0.3 is 19.5 Å². The summed E-state index contributed by atoms with van der Waals surface area (Å²) in [6.07, 6.45) is -4.56. The van der Waals surface area contributed by atoms with Gasteiger partial charge in [0.05, 0.1) is 24.8 Å². The summed E-state index contributed by atoms with van der Waals surface area (Å²) in [5.41, 5.74) is -0.158. The molecule has 29 heavy (non-hydrogen) atoms. The molecule has 5 nitrogen and oxygen atoms in total. The Bertz CT molecular complexity index is 824. The molecule has 0 heterocycles. The summed E-state index contributed by atoms with van der Waals surface area (Å²) in [6, 6.07) is 9.67. The number of carbonyl (C=O) groups excluding carboxylic acids is 1. The van der Waals surface area contributed by atoms with E-state index in [0.29, 0.717) is 24.7 Å². The van der Waals surface area contributed by atoms with Crippen LogP contribution in [-0.2, 0) is 11.0 Å². The van der Waals surface area contributed by atoms with Gasteiger partial charge in [0.15, 0.2) is 18.1 Å². The van der Waals surface area contributed by atoms with Gasteiger partial charge in [-0.25, -0.2) is 0 Å². The van der Waals surface area contributed by atoms with Crippen LogP contribution in [0.4, 0.5) is 13.2 Å². The average Bonchev–Trinajstić information content (AvgIpc) is 2.67. The minimum Gasteiger partial charge on any atom is -0.490 e. The second kappa shape index (κ2) is 10.0. The highest BCUT2D eigenvalue weighted by Gasteiger charge is 2.34. The summed E-state index contributed by atoms with van der Waals surface area (Å²) in [4.78, 5) is 12.2. The van der Waals surface area contributed by atoms with E-state index in [9.17, 15) is 18.0 Å². The van der Waals surface area contributed by atoms with Gasteiger partial charge in [0.25, 0.3) is 5.91 Å². The van der Waals surface area contributed by atoms with Crippen molar-refractivity contribution in [1.82, 2.24) is 5.32 Å². The number of hydrogen-bond donors (Lipinski definition) is 1. The van der Waals surface area contributed by atoms with E-state index in [1.54, 1.807) is 25.1 Å². The summed E-state index contributed by atoms with van der Waals surface area (Å²) in [6.45, 7) is 5.88. The molecular formula is C21H24F3NO4. The number of halogens is 3. The van der Waals surface area contributed by atoms with Crippen LogP contribution in [-0.4, -0.2) is 25.7 Å². The zero-order chi connectivity index (χ0) is 21.4. The van der Waals surface area contributed by atoms with E-state index in [2.05, 4.69) is 5.32 Å². The zero-order valence-corrected chi connectivity index (χ0v) is 16.5. The Morgan fingerprint density at radius 3 is 2.28 bits per heavy atom. The number of para-hydroxylation sites is 1. The quantitative estimate of drug-likeness (QED) is 0.647. The van der Waals surface area contributed by atoms with E-state index < -0.39 is 30.3 Å². The van der Waals surface area contributed by atoms with Crippen LogP contribution in [0.25, 0.3) is 0 Å². The fraction of sp³-hybridized carbons (Fsp3) is 0.381. The van der Waals surface area contributed by atoms with Crippen molar-refractivity contribution in [2.75, 3.05) is 19.8 Å². The smallest absolute Gasteiger partial charge is 0.419 e. The number of carbonyl (C=O) groups is 1. The monoisotopic (exact) mass is 411 g/mol. The van der Waals surface area contributed by atoms with E-state index in [1.807, 2.05) is 13.8 Å². The normalized spacial score (nSPS) is 12.2. The predicted molar refractivity (Wildman–Crippen MR) is 102 cm³/mol. The van der Waals surface area contributed by atoms with Crippen molar-refractivity contribution in [3.63, 3.8) is 0 Å². The molecule has 1 atom stereocenters. The fourth-order valence-corrected chi connectivity index (χ4v) is 2.67. The number of amides is 1. The topological polar surface area (TPSA) is 56.8 Å². The third-order valence-corrected chi connectivity index (χ3v) is 4.00. The number of ether oxygens (including phenoxy) is 3. The molecule has 8 heteroatoms. The van der Waals surface area contributed by atoms with E-state index in [-0.39, 0.29) is 5.75 Å². The van der Waals surface area contributed by atoms with Crippen molar-refractivity contribution in [2.24, 2.45) is 0 Å². The van der Waals surface area contributed by atoms with Crippen LogP contribution in [0.1, 0.15) is 37.9 Å². The number of rotatable bonds is 9. The molecule has 0 aliphatic carbocycles. The van der Waals surface area contributed by atoms with Crippen molar-refractivity contribution >= 4 is 5.91 Å². The lowest BCUT2D eigenvalue weighted by Gasteiger charge is -2.18. The Labute approximate surface area is 167 Å². The first kappa shape index (κ1) is 22.4. The van der Waals surface area contributed by atoms with E-state index >= 15 is 0 Å². The first-order chi connectivity index (χ1) is 13.8. The first-order valence-corrected chi connectivity index (χ1v) is 9.24. The van der Waals surface area contributed by atoms with Crippen LogP contribution < -0.4 is 19.5 Å². The Morgan fingerprint density at radius 1 is 0.966 bits per heavy atom. The molecule has 0 radical (unpaired) electrons. The lowest BCUT2D eigenvalue weighted by molar-refractivity contribution is -0.139. The molecular weight excluding hydrogens is 387 g/mol. The van der Waals surface area contributed by atoms with Crippen LogP contribution in [0.5, 0.6) is 17.2 Å². The molecule has 0 bridgehead atoms. The lowest BCUT2D eigenvalue weighted by atomic mass is 10.1. The SMILES string of the molecule is CCOc1ccc(C(C)NC(=O)COc2ccccc2C(F)(F)F)cc1OCC. The second-order valence-corrected chi connectivity index (χ2v) is 6.14. The number of benzene rings is 2. The number of hydrogen-bond acceptors (Lipinski definition) is 4. The maximum Gasteiger partial charge on any atom is 0.419 e. The second-order valence-electron chi connectivity index (χ2n) is 6.14. The maximum atomic E-state index is 13.0. The minimum atomic E-state index is -4.56. The molecule has 2 aromatic rings. The molecule has 2 aromatic carbocycles. The third kappa shape index (κ3) is 6.30. The van der Waals surface area contributed by atoms with E-state index in [0.717, 1.165) is 11.6 Å². The summed E-state index contributed by atoms with van der Waals surface area (Å²) in [7, 11) is 0. The minimum absolute atomic E-state index is 0.387. The van der Waals surface area contributed by atoms with Crippen LogP contribution >= 0.6 is 0 Å². The summed E-state index contributed by atoms with van der Waals surface area (Å²) < 4.78 is 55.1. The van der Waals surface area contributed by atoms with E-state index in [4.69, 9.17) is 14.2 Å². The molecule has 0 fully saturated rings. The molecule has 0 spiro atoms. The maximum absolute atomic E-state index is 13.0. The third-order valence-electron chi connectivity index (χ3n) is 4.00. The summed E-state index contributed by atoms with van der Waals surface area (Å²) in [5.74, 6) is 0.232. The van der Waals surface area contributed by atoms with Crippen molar-refractivity contribution < 1.29 is 32.2 Å². The van der Waals surface area contributed by atoms with Crippen molar-refractivity contribution in [3.05, 3.63) is 53.6 Å². The lowest BCUT2D eigenvalue weighted by Crippen LogP contribution is -2.31. The van der Waals surface area contributed by atoms with Gasteiger partial charge >= 0.3 is 6.18 Å². The van der Waals surface area contributed by atoms with Gasteiger partial charge in [-0.2, -0.15) is 13.2 Å². The van der Waals surface area contributed by atoms with Crippen molar-refractivity contribution in [1.29, 1.82) is 0 Å². The van der Waals surface area contributed by atoms with Gasteiger partial charge in [0.1, 0.15) is 5.75 Å². The van der Waals surface area contributed by atoms with Crippen molar-refractivity contribution in [3.8, 4) is 17.2 Å². The largest absolute Gasteiger partial charge is 0.490 e. The van der Waals surface area contributed by atoms with Gasteiger partial charge in [-0.1, -0.05) is 18.2 Å². The zero-order valence-electron chi connectivity index (χ0n) is 16.5. The molecule has 0 saturated heterocycles. The highest BCUT2D eigenvalue weighted by molar-refractivity contribution is 5.78. The van der Waals surface area contributed by atoms with Gasteiger partial charge in [-0.05, 0) is 50.6 Å². The summed E-state index contributed by atoms with van der Waals surface area (Å²) in [5, 5.41) is 2.70. The van der Waals surface area contributed by atoms with Crippen molar-refractivity contribution in [2.45, 2.75) is 33.0 Å². The Balaban J connectivity index is 2.02. The molecule has 2 rings (SSSR count). The van der Waals surface area contributed by atoms with Crippen LogP contribution in [0, 0.1) is 0 Å². The highest BCUT2D eigenvalue weighted by atomic mass is 19.4. The predicted octanol–water partition coefficient (Wildman–Crippen LogP) is 4.76. The van der Waals surface area contributed by atoms with E-state index in [1.165, 1.54) is 18.2 Å². The van der Waals surface area contributed by atoms with Gasteiger partial charge in [-0.15, -0.1) is 0 Å². The Morgan fingerprint density at radius 2 is 1.62 bits per heavy atom. The molecule has 1 unspecified atom stereocenters. The van der Waals surface area contributed by atoms with Gasteiger partial charge in [0, 0.05) is 0 Å². The molecule has 0 aliphatic heterocycles. The molecule has 158 valence electrons. The highest BCUT2D eigenvalue weighted by Crippen LogP contribution is 2.36. The molecule has 0 saturated carbocycles. The van der Waals surface area contributed by atoms with Crippen LogP contribution in [0.2, 0.25) is 0 Å². The number of alkyl halides is 3. The standard InChI is InChI=1S/C21H24F3NO4/c1-4-27-18-11-10-15(12-19(18)28-5-2)14(3)25-20(26)13-29-17-9-7-6-8-16(17)21(22,23)24/h6-12,14H,4-5,13H2,1-3H3,(H,25,26). The summed E-state index contributed by atoms with van der Waals surface area (Å²) >= 11 is 0. The van der Waals surface area contributed by atoms with Gasteiger partial charge in [-0.3, -0.25) is 4.79 Å². The molecule has 0 aliphatic rings. The molecule has 1 amide bonds. The van der Waals surface area contributed by atoms with Gasteiger partial charge in [0.2, 0.25) is 0 Å². The van der Waals surface area contributed by atoms with Crippen LogP contribution in [0.15, 0.2) is 42.5 Å². The molecule has 0 aromatic heterocycles. The van der Waals surface area contributed by atoms with Crippen LogP contribution in [0.3, 0.4) is 0 Å². The fourth-order valence-electron chi connectivity index (χ4n) is 2.67. The average molecular weight is 411 g/mol.